The van der Waals surface area contributed by atoms with Crippen molar-refractivity contribution in [2.75, 3.05) is 4.90 Å². The molecule has 4 aliphatic heterocycles. The van der Waals surface area contributed by atoms with Crippen LogP contribution in [0, 0.1) is 6.92 Å². The second-order valence-electron chi connectivity index (χ2n) is 14.8. The van der Waals surface area contributed by atoms with Gasteiger partial charge in [-0.05, 0) is 81.2 Å². The van der Waals surface area contributed by atoms with Gasteiger partial charge in [0.1, 0.15) is 28.3 Å². The van der Waals surface area contributed by atoms with Crippen LogP contribution < -0.4 is 30.3 Å². The number of nitrogens with zero attached hydrogens (tertiary/aromatic N) is 1. The van der Waals surface area contributed by atoms with E-state index < -0.39 is 7.14 Å². The summed E-state index contributed by atoms with van der Waals surface area (Å²) in [7, 11) is -3.66. The molecular formula is C49H28NO3P. The quantitative estimate of drug-likeness (QED) is 0.135. The average molecular weight is 710 g/mol. The van der Waals surface area contributed by atoms with E-state index in [1.54, 1.807) is 0 Å². The van der Waals surface area contributed by atoms with Crippen LogP contribution >= 0.6 is 7.14 Å². The van der Waals surface area contributed by atoms with E-state index in [0.717, 1.165) is 71.8 Å². The molecule has 0 bridgehead atoms. The Kier molecular flexibility index (Phi) is 5.29. The molecule has 0 saturated heterocycles. The largest absolute Gasteiger partial charge is 0.455 e. The Morgan fingerprint density at radius 1 is 0.500 bits per heavy atom. The molecule has 0 saturated carbocycles. The Bertz CT molecular complexity index is 3250. The summed E-state index contributed by atoms with van der Waals surface area (Å²) in [5.41, 5.74) is 10.0. The summed E-state index contributed by atoms with van der Waals surface area (Å²) < 4.78 is 31.7. The van der Waals surface area contributed by atoms with Crippen LogP contribution in [0.1, 0.15) is 5.56 Å². The molecule has 4 aliphatic rings. The van der Waals surface area contributed by atoms with Gasteiger partial charge in [0.25, 0.3) is 0 Å². The standard InChI is InChI=1S/C49H28NO3P/c1-27-17-23-36-42-33(27)20-18-31-19-21-35-40(30-15-9-4-10-16-30)46-49-44(43(35)41(31)42)50(36)37-24-22-34(29-13-7-3-8-14-29)45-47(37)54(49,51)48-38(52-45)25-32(26-39(48)53-46)28-11-5-2-6-12-28/h2-26H,1H3. The molecule has 0 N–H and O–H groups in total. The van der Waals surface area contributed by atoms with Gasteiger partial charge in [0.15, 0.2) is 7.14 Å². The van der Waals surface area contributed by atoms with E-state index in [1.165, 1.54) is 27.1 Å². The van der Waals surface area contributed by atoms with Gasteiger partial charge in [-0.25, -0.2) is 0 Å². The lowest BCUT2D eigenvalue weighted by atomic mass is 9.86. The molecule has 1 atom stereocenters. The molecule has 4 nitrogen and oxygen atoms in total. The Hall–Kier alpha value is -6.61. The minimum Gasteiger partial charge on any atom is -0.455 e. The van der Waals surface area contributed by atoms with E-state index in [0.29, 0.717) is 28.3 Å². The van der Waals surface area contributed by atoms with Crippen LogP contribution in [0.2, 0.25) is 0 Å². The number of rotatable bonds is 3. The lowest BCUT2D eigenvalue weighted by Crippen LogP contribution is -2.43. The average Bonchev–Trinajstić information content (AvgIpc) is 3.21. The zero-order valence-corrected chi connectivity index (χ0v) is 29.9. The first-order valence-electron chi connectivity index (χ1n) is 18.4. The molecule has 9 aromatic rings. The normalized spacial score (nSPS) is 16.3. The first kappa shape index (κ1) is 28.9. The number of aryl methyl sites for hydroxylation is 1. The summed E-state index contributed by atoms with van der Waals surface area (Å²) in [6, 6.07) is 52.9. The summed E-state index contributed by atoms with van der Waals surface area (Å²) in [6.07, 6.45) is 0. The van der Waals surface area contributed by atoms with Crippen molar-refractivity contribution in [3.8, 4) is 56.4 Å². The number of hydrogen-bond donors (Lipinski definition) is 0. The number of anilines is 3. The monoisotopic (exact) mass is 709 g/mol. The zero-order chi connectivity index (χ0) is 35.4. The van der Waals surface area contributed by atoms with Crippen molar-refractivity contribution in [3.63, 3.8) is 0 Å². The van der Waals surface area contributed by atoms with Gasteiger partial charge in [-0.15, -0.1) is 0 Å². The Morgan fingerprint density at radius 2 is 1.13 bits per heavy atom. The van der Waals surface area contributed by atoms with E-state index in [9.17, 15) is 0 Å². The molecule has 0 amide bonds. The first-order valence-corrected chi connectivity index (χ1v) is 20.1. The van der Waals surface area contributed by atoms with Crippen molar-refractivity contribution in [1.29, 1.82) is 0 Å². The van der Waals surface area contributed by atoms with E-state index in [1.807, 2.05) is 42.5 Å². The molecular weight excluding hydrogens is 682 g/mol. The third-order valence-electron chi connectivity index (χ3n) is 12.0. The number of fused-ring (bicyclic) bond motifs is 2. The molecule has 0 spiro atoms. The van der Waals surface area contributed by atoms with Crippen LogP contribution in [0.25, 0.3) is 65.7 Å². The van der Waals surface area contributed by atoms with Gasteiger partial charge in [-0.3, -0.25) is 0 Å². The number of ether oxygens (including phenoxy) is 2. The van der Waals surface area contributed by atoms with Crippen molar-refractivity contribution in [3.05, 3.63) is 157 Å². The van der Waals surface area contributed by atoms with Crippen molar-refractivity contribution in [2.24, 2.45) is 0 Å². The number of benzene rings is 9. The fourth-order valence-corrected chi connectivity index (χ4v) is 13.2. The van der Waals surface area contributed by atoms with Crippen LogP contribution in [-0.2, 0) is 4.57 Å². The Morgan fingerprint density at radius 3 is 1.85 bits per heavy atom. The fourth-order valence-electron chi connectivity index (χ4n) is 9.76. The summed E-state index contributed by atoms with van der Waals surface area (Å²) in [5, 5.41) is 9.13. The van der Waals surface area contributed by atoms with Gasteiger partial charge in [0.2, 0.25) is 0 Å². The summed E-state index contributed by atoms with van der Waals surface area (Å²) in [4.78, 5) is 2.37. The van der Waals surface area contributed by atoms with E-state index in [-0.39, 0.29) is 0 Å². The Labute approximate surface area is 310 Å². The zero-order valence-electron chi connectivity index (χ0n) is 29.1. The van der Waals surface area contributed by atoms with Crippen LogP contribution in [0.5, 0.6) is 23.0 Å². The molecule has 4 heterocycles. The predicted molar refractivity (Wildman–Crippen MR) is 221 cm³/mol. The molecule has 0 fully saturated rings. The fraction of sp³-hybridized carbons (Fsp3) is 0.0204. The van der Waals surface area contributed by atoms with Crippen molar-refractivity contribution in [2.45, 2.75) is 6.92 Å². The van der Waals surface area contributed by atoms with Crippen LogP contribution in [-0.4, -0.2) is 0 Å². The predicted octanol–water partition coefficient (Wildman–Crippen LogP) is 12.4. The summed E-state index contributed by atoms with van der Waals surface area (Å²) >= 11 is 0. The maximum Gasteiger partial charge on any atom is 0.189 e. The van der Waals surface area contributed by atoms with Gasteiger partial charge in [0, 0.05) is 27.3 Å². The summed E-state index contributed by atoms with van der Waals surface area (Å²) in [6.45, 7) is 2.19. The molecule has 0 radical (unpaired) electrons. The number of hydrogen-bond acceptors (Lipinski definition) is 4. The van der Waals surface area contributed by atoms with E-state index >= 15 is 4.57 Å². The van der Waals surface area contributed by atoms with Gasteiger partial charge in [-0.1, -0.05) is 121 Å². The van der Waals surface area contributed by atoms with Gasteiger partial charge in [-0.2, -0.15) is 0 Å². The van der Waals surface area contributed by atoms with Crippen LogP contribution in [0.15, 0.2) is 152 Å². The molecule has 1 unspecified atom stereocenters. The minimum atomic E-state index is -3.66. The maximum absolute atomic E-state index is 17.3. The molecule has 0 aromatic heterocycles. The highest BCUT2D eigenvalue weighted by Gasteiger charge is 2.56. The Balaban J connectivity index is 1.28. The second-order valence-corrected chi connectivity index (χ2v) is 17.3. The molecule has 13 rings (SSSR count). The first-order chi connectivity index (χ1) is 26.6. The highest BCUT2D eigenvalue weighted by Crippen LogP contribution is 2.70. The van der Waals surface area contributed by atoms with E-state index in [2.05, 4.69) is 121 Å². The minimum absolute atomic E-state index is 0.580. The summed E-state index contributed by atoms with van der Waals surface area (Å²) in [5.74, 6) is 2.46. The molecule has 54 heavy (non-hydrogen) atoms. The van der Waals surface area contributed by atoms with Crippen LogP contribution in [0.4, 0.5) is 17.1 Å². The highest BCUT2D eigenvalue weighted by molar-refractivity contribution is 7.87. The third kappa shape index (κ3) is 3.35. The SMILES string of the molecule is Cc1ccc2c3c1ccc1ccc4c(-c5ccccc5)c5c6c(c4c13)N2c1ccc(-c2ccccc2)c2c1P6(=O)c1c(cc(-c3ccccc3)cc1O5)O2. The van der Waals surface area contributed by atoms with Gasteiger partial charge in [0.05, 0.1) is 27.7 Å². The van der Waals surface area contributed by atoms with Crippen molar-refractivity contribution in [1.82, 2.24) is 0 Å². The van der Waals surface area contributed by atoms with Gasteiger partial charge < -0.3 is 18.9 Å². The molecule has 0 aliphatic carbocycles. The third-order valence-corrected chi connectivity index (χ3v) is 15.2. The second kappa shape index (κ2) is 9.87. The topological polar surface area (TPSA) is 38.8 Å². The molecule has 252 valence electrons. The van der Waals surface area contributed by atoms with Gasteiger partial charge >= 0.3 is 0 Å². The lowest BCUT2D eigenvalue weighted by Gasteiger charge is -2.46. The molecule has 9 aromatic carbocycles. The lowest BCUT2D eigenvalue weighted by molar-refractivity contribution is 0.464. The highest BCUT2D eigenvalue weighted by atomic mass is 31.2. The van der Waals surface area contributed by atoms with Crippen LogP contribution in [0.3, 0.4) is 0 Å². The van der Waals surface area contributed by atoms with E-state index in [4.69, 9.17) is 9.47 Å². The van der Waals surface area contributed by atoms with Crippen molar-refractivity contribution < 1.29 is 14.0 Å². The smallest absolute Gasteiger partial charge is 0.189 e. The van der Waals surface area contributed by atoms with Crippen molar-refractivity contribution >= 4 is 72.4 Å². The maximum atomic E-state index is 17.3. The molecule has 5 heteroatoms.